The van der Waals surface area contributed by atoms with E-state index in [0.717, 1.165) is 22.8 Å². The molecule has 0 amide bonds. The predicted molar refractivity (Wildman–Crippen MR) is 88.4 cm³/mol. The highest BCUT2D eigenvalue weighted by Gasteiger charge is 2.05. The summed E-state index contributed by atoms with van der Waals surface area (Å²) in [6, 6.07) is 26.6. The molecule has 0 unspecified atom stereocenters. The number of para-hydroxylation sites is 2. The zero-order valence-corrected chi connectivity index (χ0v) is 12.5. The molecule has 0 radical (unpaired) electrons. The van der Waals surface area contributed by atoms with Gasteiger partial charge in [0.1, 0.15) is 23.9 Å². The van der Waals surface area contributed by atoms with Crippen LogP contribution in [-0.2, 0) is 6.61 Å². The average Bonchev–Trinajstić information content (AvgIpc) is 2.62. The third kappa shape index (κ3) is 3.90. The SMILES string of the molecule is N#Cc1ccc(OCc2ccccc2Oc2ccccc2)cc1. The quantitative estimate of drug-likeness (QED) is 0.671. The molecule has 0 aliphatic carbocycles. The van der Waals surface area contributed by atoms with Crippen LogP contribution in [0.2, 0.25) is 0 Å². The first kappa shape index (κ1) is 14.7. The maximum atomic E-state index is 8.81. The van der Waals surface area contributed by atoms with E-state index < -0.39 is 0 Å². The van der Waals surface area contributed by atoms with E-state index in [2.05, 4.69) is 6.07 Å². The standard InChI is InChI=1S/C20H15NO2/c21-14-16-10-12-18(13-11-16)22-15-17-6-4-5-9-20(17)23-19-7-2-1-3-8-19/h1-13H,15H2. The Labute approximate surface area is 135 Å². The molecule has 3 nitrogen and oxygen atoms in total. The summed E-state index contributed by atoms with van der Waals surface area (Å²) in [5.41, 5.74) is 1.57. The van der Waals surface area contributed by atoms with Gasteiger partial charge in [0, 0.05) is 5.56 Å². The second kappa shape index (κ2) is 7.15. The van der Waals surface area contributed by atoms with Crippen LogP contribution >= 0.6 is 0 Å². The molecule has 3 aromatic carbocycles. The van der Waals surface area contributed by atoms with E-state index in [1.165, 1.54) is 0 Å². The van der Waals surface area contributed by atoms with Gasteiger partial charge in [0.2, 0.25) is 0 Å². The molecular weight excluding hydrogens is 286 g/mol. The largest absolute Gasteiger partial charge is 0.489 e. The van der Waals surface area contributed by atoms with Gasteiger partial charge in [0.25, 0.3) is 0 Å². The number of nitriles is 1. The maximum Gasteiger partial charge on any atom is 0.134 e. The van der Waals surface area contributed by atoms with Gasteiger partial charge in [-0.25, -0.2) is 0 Å². The summed E-state index contributed by atoms with van der Waals surface area (Å²) < 4.78 is 11.7. The zero-order chi connectivity index (χ0) is 15.9. The van der Waals surface area contributed by atoms with Crippen molar-refractivity contribution in [1.29, 1.82) is 5.26 Å². The summed E-state index contributed by atoms with van der Waals surface area (Å²) in [7, 11) is 0. The number of rotatable bonds is 5. The van der Waals surface area contributed by atoms with Gasteiger partial charge >= 0.3 is 0 Å². The monoisotopic (exact) mass is 301 g/mol. The fourth-order valence-corrected chi connectivity index (χ4v) is 2.12. The van der Waals surface area contributed by atoms with Gasteiger partial charge in [-0.05, 0) is 42.5 Å². The molecule has 0 aromatic heterocycles. The molecule has 0 spiro atoms. The van der Waals surface area contributed by atoms with E-state index in [9.17, 15) is 0 Å². The van der Waals surface area contributed by atoms with Crippen molar-refractivity contribution in [1.82, 2.24) is 0 Å². The first-order valence-corrected chi connectivity index (χ1v) is 7.29. The molecular formula is C20H15NO2. The van der Waals surface area contributed by atoms with Crippen molar-refractivity contribution in [2.24, 2.45) is 0 Å². The number of benzene rings is 3. The number of nitrogens with zero attached hydrogens (tertiary/aromatic N) is 1. The summed E-state index contributed by atoms with van der Waals surface area (Å²) in [4.78, 5) is 0. The van der Waals surface area contributed by atoms with Crippen LogP contribution in [0.15, 0.2) is 78.9 Å². The predicted octanol–water partition coefficient (Wildman–Crippen LogP) is 4.93. The Kier molecular flexibility index (Phi) is 4.56. The van der Waals surface area contributed by atoms with Crippen molar-refractivity contribution in [3.63, 3.8) is 0 Å². The number of hydrogen-bond acceptors (Lipinski definition) is 3. The number of hydrogen-bond donors (Lipinski definition) is 0. The minimum Gasteiger partial charge on any atom is -0.489 e. The molecule has 0 aliphatic rings. The summed E-state index contributed by atoms with van der Waals surface area (Å²) in [6.07, 6.45) is 0. The van der Waals surface area contributed by atoms with E-state index in [0.29, 0.717) is 12.2 Å². The van der Waals surface area contributed by atoms with Crippen molar-refractivity contribution < 1.29 is 9.47 Å². The lowest BCUT2D eigenvalue weighted by molar-refractivity contribution is 0.300. The molecule has 0 saturated carbocycles. The van der Waals surface area contributed by atoms with Crippen molar-refractivity contribution in [2.45, 2.75) is 6.61 Å². The van der Waals surface area contributed by atoms with Crippen LogP contribution in [0.4, 0.5) is 0 Å². The highest BCUT2D eigenvalue weighted by Crippen LogP contribution is 2.26. The van der Waals surface area contributed by atoms with E-state index in [-0.39, 0.29) is 0 Å². The van der Waals surface area contributed by atoms with Gasteiger partial charge in [-0.15, -0.1) is 0 Å². The molecule has 0 N–H and O–H groups in total. The van der Waals surface area contributed by atoms with Gasteiger partial charge in [0.05, 0.1) is 11.6 Å². The van der Waals surface area contributed by atoms with Crippen LogP contribution in [0.3, 0.4) is 0 Å². The third-order valence-electron chi connectivity index (χ3n) is 3.32. The third-order valence-corrected chi connectivity index (χ3v) is 3.32. The van der Waals surface area contributed by atoms with Crippen LogP contribution in [0, 0.1) is 11.3 Å². The van der Waals surface area contributed by atoms with Crippen LogP contribution in [0.1, 0.15) is 11.1 Å². The zero-order valence-electron chi connectivity index (χ0n) is 12.5. The molecule has 3 rings (SSSR count). The fourth-order valence-electron chi connectivity index (χ4n) is 2.12. The Hall–Kier alpha value is -3.25. The fraction of sp³-hybridized carbons (Fsp3) is 0.0500. The van der Waals surface area contributed by atoms with E-state index >= 15 is 0 Å². The van der Waals surface area contributed by atoms with Crippen molar-refractivity contribution in [2.75, 3.05) is 0 Å². The average molecular weight is 301 g/mol. The first-order valence-electron chi connectivity index (χ1n) is 7.29. The van der Waals surface area contributed by atoms with Gasteiger partial charge in [0.15, 0.2) is 0 Å². The van der Waals surface area contributed by atoms with Crippen molar-refractivity contribution in [3.8, 4) is 23.3 Å². The lowest BCUT2D eigenvalue weighted by Gasteiger charge is -2.12. The van der Waals surface area contributed by atoms with E-state index in [4.69, 9.17) is 14.7 Å². The molecule has 0 saturated heterocycles. The molecule has 0 aliphatic heterocycles. The minimum atomic E-state index is 0.398. The number of ether oxygens (including phenoxy) is 2. The van der Waals surface area contributed by atoms with Gasteiger partial charge < -0.3 is 9.47 Å². The van der Waals surface area contributed by atoms with Crippen LogP contribution in [-0.4, -0.2) is 0 Å². The molecule has 23 heavy (non-hydrogen) atoms. The van der Waals surface area contributed by atoms with Crippen LogP contribution in [0.5, 0.6) is 17.2 Å². The lowest BCUT2D eigenvalue weighted by Crippen LogP contribution is -1.98. The Morgan fingerprint density at radius 1 is 0.739 bits per heavy atom. The van der Waals surface area contributed by atoms with Gasteiger partial charge in [-0.2, -0.15) is 5.26 Å². The van der Waals surface area contributed by atoms with Crippen LogP contribution < -0.4 is 9.47 Å². The molecule has 3 heteroatoms. The Morgan fingerprint density at radius 3 is 2.17 bits per heavy atom. The molecule has 0 atom stereocenters. The lowest BCUT2D eigenvalue weighted by atomic mass is 10.2. The van der Waals surface area contributed by atoms with Crippen LogP contribution in [0.25, 0.3) is 0 Å². The topological polar surface area (TPSA) is 42.2 Å². The minimum absolute atomic E-state index is 0.398. The van der Waals surface area contributed by atoms with E-state index in [1.54, 1.807) is 24.3 Å². The van der Waals surface area contributed by atoms with Crippen molar-refractivity contribution in [3.05, 3.63) is 90.0 Å². The summed E-state index contributed by atoms with van der Waals surface area (Å²) in [5, 5.41) is 8.81. The second-order valence-corrected chi connectivity index (χ2v) is 4.95. The smallest absolute Gasteiger partial charge is 0.134 e. The Balaban J connectivity index is 1.71. The molecule has 0 heterocycles. The maximum absolute atomic E-state index is 8.81. The Morgan fingerprint density at radius 2 is 1.43 bits per heavy atom. The summed E-state index contributed by atoms with van der Waals surface area (Å²) in [6.45, 7) is 0.398. The molecule has 3 aromatic rings. The highest BCUT2D eigenvalue weighted by molar-refractivity contribution is 5.38. The molecule has 0 bridgehead atoms. The first-order chi connectivity index (χ1) is 11.3. The summed E-state index contributed by atoms with van der Waals surface area (Å²) in [5.74, 6) is 2.28. The normalized spacial score (nSPS) is 9.87. The highest BCUT2D eigenvalue weighted by atomic mass is 16.5. The van der Waals surface area contributed by atoms with Gasteiger partial charge in [-0.3, -0.25) is 0 Å². The van der Waals surface area contributed by atoms with E-state index in [1.807, 2.05) is 54.6 Å². The summed E-state index contributed by atoms with van der Waals surface area (Å²) >= 11 is 0. The van der Waals surface area contributed by atoms with Gasteiger partial charge in [-0.1, -0.05) is 36.4 Å². The Bertz CT molecular complexity index is 805. The molecule has 112 valence electrons. The van der Waals surface area contributed by atoms with Crippen molar-refractivity contribution >= 4 is 0 Å². The second-order valence-electron chi connectivity index (χ2n) is 4.95. The molecule has 0 fully saturated rings.